The summed E-state index contributed by atoms with van der Waals surface area (Å²) in [5, 5.41) is 7.83. The standard InChI is InChI=1S/C15H13N3O2.C2H6/c1-9-3-4-13(16-7-9)11-5-10(15(19)20-2)6-14-12(11)8-17-18-14;1-2/h3-8H,1-2H3,(H,17,18);1-2H3. The molecule has 0 atom stereocenters. The highest BCUT2D eigenvalue weighted by Crippen LogP contribution is 2.28. The molecule has 0 radical (unpaired) electrons. The molecule has 0 amide bonds. The summed E-state index contributed by atoms with van der Waals surface area (Å²) in [7, 11) is 1.36. The van der Waals surface area contributed by atoms with Crippen molar-refractivity contribution in [2.45, 2.75) is 20.8 Å². The molecule has 3 rings (SSSR count). The quantitative estimate of drug-likeness (QED) is 0.731. The molecule has 2 aromatic heterocycles. The number of nitrogens with one attached hydrogen (secondary N) is 1. The van der Waals surface area contributed by atoms with E-state index >= 15 is 0 Å². The number of nitrogens with zero attached hydrogens (tertiary/aromatic N) is 2. The lowest BCUT2D eigenvalue weighted by Gasteiger charge is -2.06. The number of hydrogen-bond donors (Lipinski definition) is 1. The van der Waals surface area contributed by atoms with Gasteiger partial charge in [0.25, 0.3) is 0 Å². The van der Waals surface area contributed by atoms with Crippen LogP contribution in [0, 0.1) is 6.92 Å². The molecule has 0 bridgehead atoms. The van der Waals surface area contributed by atoms with Crippen LogP contribution >= 0.6 is 0 Å². The van der Waals surface area contributed by atoms with Crippen LogP contribution in [-0.2, 0) is 4.74 Å². The Balaban J connectivity index is 0.000000847. The van der Waals surface area contributed by atoms with E-state index in [-0.39, 0.29) is 5.97 Å². The molecule has 1 aromatic carbocycles. The van der Waals surface area contributed by atoms with Gasteiger partial charge in [0.1, 0.15) is 0 Å². The Labute approximate surface area is 129 Å². The number of carbonyl (C=O) groups excluding carboxylic acids is 1. The zero-order chi connectivity index (χ0) is 16.1. The van der Waals surface area contributed by atoms with Crippen molar-refractivity contribution in [1.82, 2.24) is 15.2 Å². The fourth-order valence-corrected chi connectivity index (χ4v) is 2.13. The van der Waals surface area contributed by atoms with Crippen LogP contribution in [0.5, 0.6) is 0 Å². The van der Waals surface area contributed by atoms with E-state index in [2.05, 4.69) is 15.2 Å². The smallest absolute Gasteiger partial charge is 0.337 e. The Hall–Kier alpha value is -2.69. The lowest BCUT2D eigenvalue weighted by Crippen LogP contribution is -2.01. The molecule has 5 nitrogen and oxygen atoms in total. The molecule has 0 spiro atoms. The molecule has 0 saturated heterocycles. The maximum absolute atomic E-state index is 11.7. The van der Waals surface area contributed by atoms with Gasteiger partial charge in [-0.1, -0.05) is 19.9 Å². The van der Waals surface area contributed by atoms with E-state index in [1.54, 1.807) is 24.5 Å². The van der Waals surface area contributed by atoms with Gasteiger partial charge >= 0.3 is 5.97 Å². The maximum atomic E-state index is 11.7. The number of ether oxygens (including phenoxy) is 1. The molecule has 3 aromatic rings. The first-order valence-electron chi connectivity index (χ1n) is 7.17. The fraction of sp³-hybridized carbons (Fsp3) is 0.235. The number of hydrogen-bond acceptors (Lipinski definition) is 4. The largest absolute Gasteiger partial charge is 0.465 e. The molecule has 2 heterocycles. The van der Waals surface area contributed by atoms with Crippen molar-refractivity contribution >= 4 is 16.9 Å². The van der Waals surface area contributed by atoms with Crippen molar-refractivity contribution in [2.75, 3.05) is 7.11 Å². The highest BCUT2D eigenvalue weighted by Gasteiger charge is 2.13. The molecule has 5 heteroatoms. The summed E-state index contributed by atoms with van der Waals surface area (Å²) in [6.45, 7) is 5.98. The van der Waals surface area contributed by atoms with E-state index in [9.17, 15) is 4.79 Å². The van der Waals surface area contributed by atoms with Gasteiger partial charge in [-0.3, -0.25) is 10.1 Å². The Morgan fingerprint density at radius 2 is 1.95 bits per heavy atom. The molecule has 0 aliphatic carbocycles. The van der Waals surface area contributed by atoms with Crippen LogP contribution < -0.4 is 0 Å². The summed E-state index contributed by atoms with van der Waals surface area (Å²) in [4.78, 5) is 16.2. The van der Waals surface area contributed by atoms with E-state index < -0.39 is 0 Å². The van der Waals surface area contributed by atoms with Crippen molar-refractivity contribution in [3.05, 3.63) is 47.8 Å². The Morgan fingerprint density at radius 1 is 1.18 bits per heavy atom. The summed E-state index contributed by atoms with van der Waals surface area (Å²) in [6, 6.07) is 7.42. The van der Waals surface area contributed by atoms with Gasteiger partial charge in [0.15, 0.2) is 0 Å². The van der Waals surface area contributed by atoms with Crippen LogP contribution in [0.25, 0.3) is 22.2 Å². The first-order valence-corrected chi connectivity index (χ1v) is 7.17. The number of H-pyrrole nitrogens is 1. The lowest BCUT2D eigenvalue weighted by molar-refractivity contribution is 0.0601. The molecule has 1 N–H and O–H groups in total. The van der Waals surface area contributed by atoms with E-state index in [0.717, 1.165) is 27.7 Å². The van der Waals surface area contributed by atoms with Gasteiger partial charge in [0, 0.05) is 17.1 Å². The predicted octanol–water partition coefficient (Wildman–Crippen LogP) is 3.75. The first kappa shape index (κ1) is 15.7. The van der Waals surface area contributed by atoms with Gasteiger partial charge in [-0.25, -0.2) is 4.79 Å². The summed E-state index contributed by atoms with van der Waals surface area (Å²) >= 11 is 0. The summed E-state index contributed by atoms with van der Waals surface area (Å²) < 4.78 is 4.78. The Bertz CT molecular complexity index is 776. The molecule has 114 valence electrons. The lowest BCUT2D eigenvalue weighted by atomic mass is 10.0. The number of aromatic amines is 1. The van der Waals surface area contributed by atoms with Gasteiger partial charge in [-0.15, -0.1) is 0 Å². The summed E-state index contributed by atoms with van der Waals surface area (Å²) in [5.41, 5.74) is 4.00. The second-order valence-electron chi connectivity index (χ2n) is 4.57. The van der Waals surface area contributed by atoms with E-state index in [4.69, 9.17) is 4.74 Å². The monoisotopic (exact) mass is 297 g/mol. The average molecular weight is 297 g/mol. The summed E-state index contributed by atoms with van der Waals surface area (Å²) in [5.74, 6) is -0.380. The normalized spacial score (nSPS) is 10.0. The number of rotatable bonds is 2. The Morgan fingerprint density at radius 3 is 2.59 bits per heavy atom. The molecular weight excluding hydrogens is 278 g/mol. The van der Waals surface area contributed by atoms with Gasteiger partial charge < -0.3 is 4.74 Å². The topological polar surface area (TPSA) is 67.9 Å². The third-order valence-electron chi connectivity index (χ3n) is 3.17. The van der Waals surface area contributed by atoms with Gasteiger partial charge in [0.2, 0.25) is 0 Å². The number of pyridine rings is 1. The number of fused-ring (bicyclic) bond motifs is 1. The molecule has 0 aliphatic heterocycles. The highest BCUT2D eigenvalue weighted by molar-refractivity contribution is 6.01. The van der Waals surface area contributed by atoms with Crippen LogP contribution in [0.1, 0.15) is 29.8 Å². The van der Waals surface area contributed by atoms with Crippen molar-refractivity contribution in [1.29, 1.82) is 0 Å². The molecule has 22 heavy (non-hydrogen) atoms. The zero-order valence-electron chi connectivity index (χ0n) is 13.2. The number of methoxy groups -OCH3 is 1. The molecular formula is C17H19N3O2. The van der Waals surface area contributed by atoms with Crippen LogP contribution in [0.4, 0.5) is 0 Å². The van der Waals surface area contributed by atoms with Crippen molar-refractivity contribution < 1.29 is 9.53 Å². The number of aromatic nitrogens is 3. The second kappa shape index (κ2) is 6.85. The van der Waals surface area contributed by atoms with Gasteiger partial charge in [-0.2, -0.15) is 5.10 Å². The van der Waals surface area contributed by atoms with E-state index in [1.807, 2.05) is 32.9 Å². The van der Waals surface area contributed by atoms with Gasteiger partial charge in [0.05, 0.1) is 30.1 Å². The Kier molecular flexibility index (Phi) is 4.88. The van der Waals surface area contributed by atoms with Crippen LogP contribution in [-0.4, -0.2) is 28.3 Å². The minimum Gasteiger partial charge on any atom is -0.465 e. The van der Waals surface area contributed by atoms with Crippen LogP contribution in [0.2, 0.25) is 0 Å². The zero-order valence-corrected chi connectivity index (χ0v) is 13.2. The van der Waals surface area contributed by atoms with Crippen molar-refractivity contribution in [2.24, 2.45) is 0 Å². The van der Waals surface area contributed by atoms with Crippen molar-refractivity contribution in [3.63, 3.8) is 0 Å². The minimum atomic E-state index is -0.380. The second-order valence-corrected chi connectivity index (χ2v) is 4.57. The average Bonchev–Trinajstić information content (AvgIpc) is 3.04. The van der Waals surface area contributed by atoms with Gasteiger partial charge in [-0.05, 0) is 30.7 Å². The van der Waals surface area contributed by atoms with E-state index in [1.165, 1.54) is 7.11 Å². The third-order valence-corrected chi connectivity index (χ3v) is 3.17. The minimum absolute atomic E-state index is 0.380. The maximum Gasteiger partial charge on any atom is 0.337 e. The fourth-order valence-electron chi connectivity index (χ4n) is 2.13. The highest BCUT2D eigenvalue weighted by atomic mass is 16.5. The number of aryl methyl sites for hydroxylation is 1. The van der Waals surface area contributed by atoms with E-state index in [0.29, 0.717) is 5.56 Å². The molecule has 0 aliphatic rings. The third kappa shape index (κ3) is 2.98. The SMILES string of the molecule is CC.COC(=O)c1cc(-c2ccc(C)cn2)c2cn[nH]c2c1. The number of carbonyl (C=O) groups is 1. The first-order chi connectivity index (χ1) is 10.7. The number of benzene rings is 1. The van der Waals surface area contributed by atoms with Crippen molar-refractivity contribution in [3.8, 4) is 11.3 Å². The molecule has 0 unspecified atom stereocenters. The molecule has 0 fully saturated rings. The predicted molar refractivity (Wildman–Crippen MR) is 86.7 cm³/mol. The van der Waals surface area contributed by atoms with Crippen LogP contribution in [0.3, 0.4) is 0 Å². The molecule has 0 saturated carbocycles. The number of esters is 1. The summed E-state index contributed by atoms with van der Waals surface area (Å²) in [6.07, 6.45) is 3.53. The van der Waals surface area contributed by atoms with Crippen LogP contribution in [0.15, 0.2) is 36.7 Å².